The largest absolute Gasteiger partial charge is 0.508 e. The Morgan fingerprint density at radius 2 is 1.54 bits per heavy atom. The minimum Gasteiger partial charge on any atom is -0.508 e. The second kappa shape index (κ2) is 8.66. The van der Waals surface area contributed by atoms with Crippen molar-refractivity contribution in [1.82, 2.24) is 15.8 Å². The highest BCUT2D eigenvalue weighted by Crippen LogP contribution is 2.33. The van der Waals surface area contributed by atoms with Gasteiger partial charge in [-0.05, 0) is 12.1 Å². The minimum atomic E-state index is -0.592. The zero-order chi connectivity index (χ0) is 18.4. The number of ether oxygens (including phenoxy) is 1. The number of benzene rings is 2. The molecule has 138 valence electrons. The maximum Gasteiger partial charge on any atom is 0.248 e. The molecule has 1 heterocycles. The minimum absolute atomic E-state index is 0.0793. The summed E-state index contributed by atoms with van der Waals surface area (Å²) in [5.41, 5.74) is 6.75. The van der Waals surface area contributed by atoms with E-state index in [4.69, 9.17) is 4.74 Å². The molecular formula is C19H23N3O4. The molecule has 1 amide bonds. The Bertz CT molecular complexity index is 702. The van der Waals surface area contributed by atoms with Crippen LogP contribution in [0.1, 0.15) is 17.2 Å². The molecule has 2 aromatic carbocycles. The molecule has 0 unspecified atom stereocenters. The summed E-state index contributed by atoms with van der Waals surface area (Å²) in [6, 6.07) is 13.1. The van der Waals surface area contributed by atoms with Crippen molar-refractivity contribution < 1.29 is 19.7 Å². The highest BCUT2D eigenvalue weighted by Gasteiger charge is 2.21. The van der Waals surface area contributed by atoms with Crippen LogP contribution in [0.3, 0.4) is 0 Å². The normalized spacial score (nSPS) is 15.1. The van der Waals surface area contributed by atoms with Crippen molar-refractivity contribution in [3.8, 4) is 11.5 Å². The van der Waals surface area contributed by atoms with Crippen LogP contribution in [0.5, 0.6) is 11.5 Å². The quantitative estimate of drug-likeness (QED) is 0.580. The second-order valence-corrected chi connectivity index (χ2v) is 6.13. The number of hydrogen-bond donors (Lipinski definition) is 4. The molecule has 1 aliphatic heterocycles. The fourth-order valence-electron chi connectivity index (χ4n) is 2.94. The zero-order valence-corrected chi connectivity index (χ0v) is 14.4. The summed E-state index contributed by atoms with van der Waals surface area (Å²) < 4.78 is 5.28. The third-order valence-corrected chi connectivity index (χ3v) is 4.32. The predicted octanol–water partition coefficient (Wildman–Crippen LogP) is 1.14. The Labute approximate surface area is 152 Å². The fraction of sp³-hybridized carbons (Fsp3) is 0.316. The summed E-state index contributed by atoms with van der Waals surface area (Å²) >= 11 is 0. The average molecular weight is 357 g/mol. The van der Waals surface area contributed by atoms with Gasteiger partial charge in [0.05, 0.1) is 25.8 Å². The first kappa shape index (κ1) is 18.2. The molecular weight excluding hydrogens is 334 g/mol. The maximum atomic E-state index is 12.3. The zero-order valence-electron chi connectivity index (χ0n) is 14.4. The predicted molar refractivity (Wildman–Crippen MR) is 96.6 cm³/mol. The van der Waals surface area contributed by atoms with Crippen molar-refractivity contribution in [3.05, 3.63) is 59.7 Å². The van der Waals surface area contributed by atoms with Crippen molar-refractivity contribution in [3.63, 3.8) is 0 Å². The van der Waals surface area contributed by atoms with Crippen LogP contribution in [0.15, 0.2) is 48.5 Å². The van der Waals surface area contributed by atoms with Gasteiger partial charge < -0.3 is 14.9 Å². The average Bonchev–Trinajstić information content (AvgIpc) is 2.65. The standard InChI is InChI=1S/C19H23N3O4/c23-16-7-3-1-5-14(16)19(15-6-2-4-8-17(15)24)21-20-18(25)13-22-9-11-26-12-10-22/h1-8,19,21,23-24H,9-13H2,(H,20,25). The summed E-state index contributed by atoms with van der Waals surface area (Å²) in [5, 5.41) is 20.4. The molecule has 0 atom stereocenters. The van der Waals surface area contributed by atoms with Gasteiger partial charge in [-0.2, -0.15) is 0 Å². The molecule has 0 aromatic heterocycles. The number of carbonyl (C=O) groups is 1. The van der Waals surface area contributed by atoms with Crippen LogP contribution in [0, 0.1) is 0 Å². The van der Waals surface area contributed by atoms with E-state index in [-0.39, 0.29) is 24.0 Å². The molecule has 0 saturated carbocycles. The summed E-state index contributed by atoms with van der Waals surface area (Å²) in [5.74, 6) is -0.0332. The van der Waals surface area contributed by atoms with Gasteiger partial charge in [0, 0.05) is 24.2 Å². The highest BCUT2D eigenvalue weighted by molar-refractivity contribution is 5.77. The third kappa shape index (κ3) is 4.51. The number of carbonyl (C=O) groups excluding carboxylic acids is 1. The lowest BCUT2D eigenvalue weighted by molar-refractivity contribution is -0.124. The van der Waals surface area contributed by atoms with E-state index in [1.165, 1.54) is 0 Å². The van der Waals surface area contributed by atoms with Gasteiger partial charge in [-0.15, -0.1) is 0 Å². The molecule has 1 fully saturated rings. The maximum absolute atomic E-state index is 12.3. The van der Waals surface area contributed by atoms with Crippen LogP contribution < -0.4 is 10.9 Å². The first-order chi connectivity index (χ1) is 12.6. The molecule has 3 rings (SSSR count). The third-order valence-electron chi connectivity index (χ3n) is 4.32. The number of hydrazine groups is 1. The molecule has 0 radical (unpaired) electrons. The van der Waals surface area contributed by atoms with Gasteiger partial charge >= 0.3 is 0 Å². The van der Waals surface area contributed by atoms with Crippen LogP contribution in [0.25, 0.3) is 0 Å². The Hall–Kier alpha value is -2.61. The topological polar surface area (TPSA) is 94.1 Å². The van der Waals surface area contributed by atoms with Gasteiger partial charge in [-0.25, -0.2) is 5.43 Å². The van der Waals surface area contributed by atoms with Crippen molar-refractivity contribution in [1.29, 1.82) is 0 Å². The van der Waals surface area contributed by atoms with Crippen molar-refractivity contribution in [2.75, 3.05) is 32.8 Å². The number of para-hydroxylation sites is 2. The van der Waals surface area contributed by atoms with E-state index in [9.17, 15) is 15.0 Å². The van der Waals surface area contributed by atoms with Gasteiger partial charge in [-0.3, -0.25) is 15.1 Å². The van der Waals surface area contributed by atoms with E-state index in [0.717, 1.165) is 13.1 Å². The summed E-state index contributed by atoms with van der Waals surface area (Å²) in [4.78, 5) is 14.3. The number of nitrogens with zero attached hydrogens (tertiary/aromatic N) is 1. The first-order valence-corrected chi connectivity index (χ1v) is 8.55. The van der Waals surface area contributed by atoms with Crippen LogP contribution in [-0.4, -0.2) is 53.9 Å². The number of phenolic OH excluding ortho intramolecular Hbond substituents is 2. The smallest absolute Gasteiger partial charge is 0.248 e. The number of aromatic hydroxyl groups is 2. The molecule has 7 heteroatoms. The van der Waals surface area contributed by atoms with Gasteiger partial charge in [0.1, 0.15) is 11.5 Å². The van der Waals surface area contributed by atoms with Crippen LogP contribution in [0.2, 0.25) is 0 Å². The van der Waals surface area contributed by atoms with Gasteiger partial charge in [0.2, 0.25) is 5.91 Å². The van der Waals surface area contributed by atoms with E-state index in [1.807, 2.05) is 4.90 Å². The van der Waals surface area contributed by atoms with Gasteiger partial charge in [-0.1, -0.05) is 36.4 Å². The number of morpholine rings is 1. The lowest BCUT2D eigenvalue weighted by Gasteiger charge is -2.27. The molecule has 2 aromatic rings. The number of nitrogens with one attached hydrogen (secondary N) is 2. The number of rotatable bonds is 6. The molecule has 1 aliphatic rings. The molecule has 0 spiro atoms. The molecule has 0 aliphatic carbocycles. The Morgan fingerprint density at radius 3 is 2.08 bits per heavy atom. The summed E-state index contributed by atoms with van der Waals surface area (Å²) in [6.45, 7) is 2.94. The van der Waals surface area contributed by atoms with Crippen LogP contribution in [-0.2, 0) is 9.53 Å². The summed E-state index contributed by atoms with van der Waals surface area (Å²) in [7, 11) is 0. The monoisotopic (exact) mass is 357 g/mol. The lowest BCUT2D eigenvalue weighted by Crippen LogP contribution is -2.48. The van der Waals surface area contributed by atoms with E-state index in [1.54, 1.807) is 48.5 Å². The van der Waals surface area contributed by atoms with Crippen LogP contribution in [0.4, 0.5) is 0 Å². The first-order valence-electron chi connectivity index (χ1n) is 8.55. The highest BCUT2D eigenvalue weighted by atomic mass is 16.5. The van der Waals surface area contributed by atoms with Crippen molar-refractivity contribution in [2.24, 2.45) is 0 Å². The molecule has 1 saturated heterocycles. The van der Waals surface area contributed by atoms with E-state index in [2.05, 4.69) is 10.9 Å². The van der Waals surface area contributed by atoms with Gasteiger partial charge in [0.15, 0.2) is 0 Å². The number of phenols is 2. The van der Waals surface area contributed by atoms with Crippen molar-refractivity contribution >= 4 is 5.91 Å². The molecule has 26 heavy (non-hydrogen) atoms. The fourth-order valence-corrected chi connectivity index (χ4v) is 2.94. The van der Waals surface area contributed by atoms with E-state index in [0.29, 0.717) is 24.3 Å². The number of hydrogen-bond acceptors (Lipinski definition) is 6. The Morgan fingerprint density at radius 1 is 1.00 bits per heavy atom. The van der Waals surface area contributed by atoms with Gasteiger partial charge in [0.25, 0.3) is 0 Å². The Kier molecular flexibility index (Phi) is 6.06. The second-order valence-electron chi connectivity index (χ2n) is 6.13. The SMILES string of the molecule is O=C(CN1CCOCC1)NNC(c1ccccc1O)c1ccccc1O. The lowest BCUT2D eigenvalue weighted by atomic mass is 9.97. The molecule has 0 bridgehead atoms. The van der Waals surface area contributed by atoms with Crippen molar-refractivity contribution in [2.45, 2.75) is 6.04 Å². The number of amides is 1. The Balaban J connectivity index is 1.73. The van der Waals surface area contributed by atoms with E-state index >= 15 is 0 Å². The van der Waals surface area contributed by atoms with Crippen LogP contribution >= 0.6 is 0 Å². The molecule has 7 nitrogen and oxygen atoms in total. The van der Waals surface area contributed by atoms with E-state index < -0.39 is 6.04 Å². The summed E-state index contributed by atoms with van der Waals surface area (Å²) in [6.07, 6.45) is 0. The molecule has 4 N–H and O–H groups in total.